The van der Waals surface area contributed by atoms with E-state index in [1.54, 1.807) is 4.96 Å². The zero-order valence-electron chi connectivity index (χ0n) is 22.6. The normalized spacial score (nSPS) is 11.0. The van der Waals surface area contributed by atoms with Crippen molar-refractivity contribution >= 4 is 44.4 Å². The van der Waals surface area contributed by atoms with Crippen LogP contribution in [0.4, 0.5) is 0 Å². The number of fused-ring (bicyclic) bond motifs is 17. The predicted octanol–water partition coefficient (Wildman–Crippen LogP) is 6.07. The Morgan fingerprint density at radius 2 is 1.00 bits per heavy atom. The van der Waals surface area contributed by atoms with Crippen molar-refractivity contribution in [2.45, 2.75) is 0 Å². The number of aromatic amines is 2. The third kappa shape index (κ3) is 4.84. The van der Waals surface area contributed by atoms with Crippen LogP contribution in [0.2, 0.25) is 0 Å². The number of H-pyrrole nitrogens is 2. The van der Waals surface area contributed by atoms with Crippen molar-refractivity contribution in [3.63, 3.8) is 0 Å². The topological polar surface area (TPSA) is 156 Å². The van der Waals surface area contributed by atoms with Gasteiger partial charge in [0.05, 0.1) is 0 Å². The van der Waals surface area contributed by atoms with Gasteiger partial charge in [-0.15, -0.1) is 0 Å². The molecule has 0 amide bonds. The van der Waals surface area contributed by atoms with E-state index in [0.29, 0.717) is 45.9 Å². The van der Waals surface area contributed by atoms with E-state index in [1.807, 2.05) is 84.9 Å². The van der Waals surface area contributed by atoms with Crippen LogP contribution in [0.1, 0.15) is 5.56 Å². The Bertz CT molecular complexity index is 2300. The number of nitrogens with one attached hydrogen (secondary N) is 2. The first-order valence-corrected chi connectivity index (χ1v) is 13.6. The average molecular weight is 613 g/mol. The minimum atomic E-state index is 0.493. The van der Waals surface area contributed by atoms with Gasteiger partial charge in [-0.05, 0) is 0 Å². The summed E-state index contributed by atoms with van der Waals surface area (Å²) >= 11 is 4.25. The summed E-state index contributed by atoms with van der Waals surface area (Å²) in [6.45, 7) is 9.50. The average Bonchev–Trinajstić information content (AvgIpc) is 3.82. The van der Waals surface area contributed by atoms with E-state index in [2.05, 4.69) is 31.3 Å². The molecule has 3 aromatic carbocycles. The Morgan fingerprint density at radius 3 is 1.48 bits per heavy atom. The van der Waals surface area contributed by atoms with E-state index in [-0.39, 0.29) is 0 Å². The van der Waals surface area contributed by atoms with Crippen molar-refractivity contribution in [1.82, 2.24) is 39.9 Å². The second-order valence-electron chi connectivity index (χ2n) is 9.26. The summed E-state index contributed by atoms with van der Waals surface area (Å²) in [6, 6.07) is 27.2. The van der Waals surface area contributed by atoms with Crippen LogP contribution < -0.4 is 0 Å². The molecule has 211 valence electrons. The first-order chi connectivity index (χ1) is 21.7. The van der Waals surface area contributed by atoms with E-state index in [1.165, 1.54) is 0 Å². The zero-order chi connectivity index (χ0) is 30.6. The molecular formula is C33H17CoN10-3. The molecule has 0 saturated carbocycles. The van der Waals surface area contributed by atoms with Crippen LogP contribution in [-0.2, 0) is 15.3 Å². The number of hydrogen-bond donors (Lipinski definition) is 2. The first-order valence-electron chi connectivity index (χ1n) is 13.0. The number of allylic oxidation sites excluding steroid dienone is 1. The third-order valence-corrected chi connectivity index (χ3v) is 7.06. The van der Waals surface area contributed by atoms with Gasteiger partial charge in [0.1, 0.15) is 0 Å². The summed E-state index contributed by atoms with van der Waals surface area (Å²) in [5.41, 5.74) is 6.70. The minimum absolute atomic E-state index is 0.493. The molecule has 8 bridgehead atoms. The molecule has 2 aliphatic rings. The van der Waals surface area contributed by atoms with Crippen molar-refractivity contribution in [2.24, 2.45) is 0 Å². The second kappa shape index (κ2) is 12.0. The molecule has 2 aliphatic heterocycles. The number of rotatable bonds is 2. The number of hydrogen-bond acceptors (Lipinski definition) is 8. The van der Waals surface area contributed by atoms with Crippen molar-refractivity contribution in [2.75, 3.05) is 0 Å². The van der Waals surface area contributed by atoms with E-state index in [0.717, 1.165) is 38.6 Å². The fraction of sp³-hybridized carbons (Fsp3) is 0. The van der Waals surface area contributed by atoms with E-state index >= 15 is 0 Å². The maximum absolute atomic E-state index is 6.25. The Morgan fingerprint density at radius 1 is 0.568 bits per heavy atom. The Labute approximate surface area is 258 Å². The molecule has 6 aromatic rings. The Hall–Kier alpha value is -6.14. The van der Waals surface area contributed by atoms with Gasteiger partial charge in [-0.2, -0.15) is 0 Å². The van der Waals surface area contributed by atoms with Gasteiger partial charge < -0.3 is 23.7 Å². The van der Waals surface area contributed by atoms with Gasteiger partial charge in [0.15, 0.2) is 0 Å². The van der Waals surface area contributed by atoms with Crippen LogP contribution in [0, 0.1) is 29.7 Å². The molecule has 2 N–H and O–H groups in total. The maximum atomic E-state index is 6.25. The summed E-state index contributed by atoms with van der Waals surface area (Å²) in [4.78, 5) is 37.8. The van der Waals surface area contributed by atoms with Gasteiger partial charge in [-0.3, -0.25) is 0 Å². The molecule has 0 spiro atoms. The summed E-state index contributed by atoms with van der Waals surface area (Å²) in [5, 5.41) is 14.4. The molecule has 0 radical (unpaired) electrons. The number of aromatic nitrogens is 8. The van der Waals surface area contributed by atoms with Crippen LogP contribution >= 0.6 is 0 Å². The van der Waals surface area contributed by atoms with Crippen molar-refractivity contribution in [3.05, 3.63) is 104 Å². The summed E-state index contributed by atoms with van der Waals surface area (Å²) in [6.07, 6.45) is 3.68. The van der Waals surface area contributed by atoms with Gasteiger partial charge in [0.2, 0.25) is 0 Å². The monoisotopic (exact) mass is 612 g/mol. The molecule has 5 heterocycles. The molecule has 0 fully saturated rings. The fourth-order valence-corrected chi connectivity index (χ4v) is 5.16. The van der Waals surface area contributed by atoms with Gasteiger partial charge >= 0.3 is 206 Å². The molecule has 0 saturated heterocycles. The van der Waals surface area contributed by atoms with E-state index < -0.39 is 0 Å². The summed E-state index contributed by atoms with van der Waals surface area (Å²) < 4.78 is 0. The van der Waals surface area contributed by atoms with Crippen molar-refractivity contribution < 1.29 is 15.3 Å². The van der Waals surface area contributed by atoms with Crippen molar-refractivity contribution in [1.29, 1.82) is 10.5 Å². The van der Waals surface area contributed by atoms with Crippen LogP contribution in [0.3, 0.4) is 0 Å². The van der Waals surface area contributed by atoms with Gasteiger partial charge in [0.25, 0.3) is 0 Å². The van der Waals surface area contributed by atoms with E-state index in [9.17, 15) is 0 Å². The molecule has 44 heavy (non-hydrogen) atoms. The number of benzene rings is 3. The van der Waals surface area contributed by atoms with Crippen molar-refractivity contribution in [3.8, 4) is 45.6 Å². The molecule has 0 unspecified atom stereocenters. The van der Waals surface area contributed by atoms with Crippen LogP contribution in [-0.4, -0.2) is 44.8 Å². The fourth-order valence-electron chi connectivity index (χ4n) is 5.06. The second-order valence-corrected chi connectivity index (χ2v) is 9.60. The van der Waals surface area contributed by atoms with Crippen LogP contribution in [0.15, 0.2) is 78.9 Å². The van der Waals surface area contributed by atoms with Crippen LogP contribution in [0.5, 0.6) is 0 Å². The van der Waals surface area contributed by atoms with Crippen LogP contribution in [0.25, 0.3) is 85.0 Å². The molecule has 10 nitrogen and oxygen atoms in total. The molecule has 0 aliphatic carbocycles. The molecular weight excluding hydrogens is 595 g/mol. The van der Waals surface area contributed by atoms with Gasteiger partial charge in [-0.1, -0.05) is 24.3 Å². The molecule has 8 rings (SSSR count). The first kappa shape index (κ1) is 28.0. The SMILES string of the molecule is [C-]#N.[C-]#N.[Co]=[CH]/C=C\c1[c-]c2nc3nc(nc4[nH]c(nc5nc(nc1[nH]2)-c1ccccc1-5)c1ccccc41)-c1ccccc1-3. The third-order valence-electron chi connectivity index (χ3n) is 6.86. The van der Waals surface area contributed by atoms with Gasteiger partial charge in [0, 0.05) is 5.39 Å². The molecule has 3 aromatic heterocycles. The molecule has 11 heteroatoms. The van der Waals surface area contributed by atoms with E-state index in [4.69, 9.17) is 53.6 Å². The quantitative estimate of drug-likeness (QED) is 0.223. The Balaban J connectivity index is 0.000000826. The van der Waals surface area contributed by atoms with Gasteiger partial charge in [-0.25, -0.2) is 0 Å². The Kier molecular flexibility index (Phi) is 7.63. The molecule has 0 atom stereocenters. The predicted molar refractivity (Wildman–Crippen MR) is 162 cm³/mol. The number of nitrogens with zero attached hydrogens (tertiary/aromatic N) is 8. The summed E-state index contributed by atoms with van der Waals surface area (Å²) in [7, 11) is 0. The zero-order valence-corrected chi connectivity index (χ0v) is 23.6. The standard InChI is InChI=1S/C31H17N8.2CN.Co/c1-2-9-17-16-24-32-25(17)34-27-20-12-5-6-13-21(20)29(36-27)38-31-23-15-8-7-14-22(23)30(39-31)37-28-19-11-4-3-10-18(19)26(33-24)35-28;2*1-2;/h1-15H,(H2,32,33,34,35,36,37,38,39);;;/q3*-1;/b9-2-;;;. The summed E-state index contributed by atoms with van der Waals surface area (Å²) in [5.74, 6) is 2.23.